The van der Waals surface area contributed by atoms with Crippen LogP contribution in [0.5, 0.6) is 0 Å². The van der Waals surface area contributed by atoms with Gasteiger partial charge in [0.15, 0.2) is 0 Å². The molecule has 4 heteroatoms. The molecule has 218 valence electrons. The minimum Gasteiger partial charge on any atom is -0.330 e. The Labute approximate surface area is 235 Å². The maximum absolute atomic E-state index is 10.6. The number of nitrogens with two attached hydrogens (primary N) is 2. The normalized spacial score (nSPS) is 35.3. The molecule has 0 saturated heterocycles. The molecule has 6 aliphatic rings. The SMILES string of the molecule is CC1CCC(=O)CC1.CC1CCC(C#N)(CC2CC2)CC1.CC1CCC(CN)(CC2CC2)CC1.NC1CC1. The highest BCUT2D eigenvalue weighted by atomic mass is 16.1. The van der Waals surface area contributed by atoms with Gasteiger partial charge >= 0.3 is 0 Å². The van der Waals surface area contributed by atoms with Gasteiger partial charge < -0.3 is 11.5 Å². The molecule has 0 aromatic rings. The third-order valence-electron chi connectivity index (χ3n) is 10.5. The quantitative estimate of drug-likeness (QED) is 0.376. The highest BCUT2D eigenvalue weighted by Gasteiger charge is 2.39. The number of carbonyl (C=O) groups is 1. The molecule has 0 spiro atoms. The first-order valence-electron chi connectivity index (χ1n) is 16.5. The molecule has 0 aliphatic heterocycles. The van der Waals surface area contributed by atoms with Crippen LogP contribution in [-0.2, 0) is 4.79 Å². The topological polar surface area (TPSA) is 92.9 Å². The fourth-order valence-corrected chi connectivity index (χ4v) is 6.53. The van der Waals surface area contributed by atoms with Gasteiger partial charge in [-0.05, 0) is 119 Å². The lowest BCUT2D eigenvalue weighted by atomic mass is 9.68. The molecule has 6 rings (SSSR count). The first-order valence-corrected chi connectivity index (χ1v) is 16.5. The Bertz CT molecular complexity index is 719. The van der Waals surface area contributed by atoms with Crippen molar-refractivity contribution in [3.8, 4) is 6.07 Å². The summed E-state index contributed by atoms with van der Waals surface area (Å²) in [4.78, 5) is 10.6. The Hall–Kier alpha value is -0.920. The molecular formula is C34H61N3O. The summed E-state index contributed by atoms with van der Waals surface area (Å²) in [7, 11) is 0. The smallest absolute Gasteiger partial charge is 0.132 e. The van der Waals surface area contributed by atoms with Crippen LogP contribution in [0.15, 0.2) is 0 Å². The summed E-state index contributed by atoms with van der Waals surface area (Å²) in [5.41, 5.74) is 11.8. The largest absolute Gasteiger partial charge is 0.330 e. The zero-order chi connectivity index (χ0) is 27.6. The lowest BCUT2D eigenvalue weighted by Gasteiger charge is -2.39. The standard InChI is InChI=1S/C12H23N.C12H19N.C7H12O.C3H7N/c2*1-10-4-6-12(9-13,7-5-10)8-11-2-3-11;1-6-2-4-7(8)5-3-6;4-3-1-2-3/h10-11H,2-9,13H2,1H3;10-11H,2-8H2,1H3;6H,2-5H2,1H3;3H,1-2,4H2. The van der Waals surface area contributed by atoms with Crippen molar-refractivity contribution in [2.24, 2.45) is 51.9 Å². The maximum atomic E-state index is 10.6. The van der Waals surface area contributed by atoms with Crippen LogP contribution in [0.1, 0.15) is 149 Å². The van der Waals surface area contributed by atoms with Crippen molar-refractivity contribution in [3.05, 3.63) is 0 Å². The van der Waals surface area contributed by atoms with Crippen molar-refractivity contribution in [2.45, 2.75) is 155 Å². The molecule has 0 aromatic carbocycles. The van der Waals surface area contributed by atoms with E-state index in [1.165, 1.54) is 103 Å². The number of nitriles is 1. The molecule has 6 saturated carbocycles. The van der Waals surface area contributed by atoms with Crippen molar-refractivity contribution in [3.63, 3.8) is 0 Å². The van der Waals surface area contributed by atoms with Gasteiger partial charge in [-0.25, -0.2) is 0 Å². The zero-order valence-corrected chi connectivity index (χ0v) is 25.3. The van der Waals surface area contributed by atoms with Crippen LogP contribution in [0, 0.1) is 51.8 Å². The number of hydrogen-bond acceptors (Lipinski definition) is 4. The van der Waals surface area contributed by atoms with Crippen LogP contribution in [0.2, 0.25) is 0 Å². The molecule has 38 heavy (non-hydrogen) atoms. The first kappa shape index (κ1) is 31.6. The second-order valence-electron chi connectivity index (χ2n) is 14.8. The van der Waals surface area contributed by atoms with E-state index in [0.29, 0.717) is 17.2 Å². The summed E-state index contributed by atoms with van der Waals surface area (Å²) in [6.07, 6.45) is 25.4. The molecule has 0 unspecified atom stereocenters. The minimum atomic E-state index is 0.0909. The van der Waals surface area contributed by atoms with Crippen molar-refractivity contribution >= 4 is 5.78 Å². The van der Waals surface area contributed by atoms with E-state index in [4.69, 9.17) is 11.5 Å². The second kappa shape index (κ2) is 15.2. The highest BCUT2D eigenvalue weighted by Crippen LogP contribution is 2.49. The number of nitrogens with zero attached hydrogens (tertiary/aromatic N) is 1. The van der Waals surface area contributed by atoms with Crippen LogP contribution in [0.25, 0.3) is 0 Å². The van der Waals surface area contributed by atoms with E-state index in [0.717, 1.165) is 61.8 Å². The third-order valence-corrected chi connectivity index (χ3v) is 10.5. The van der Waals surface area contributed by atoms with Crippen LogP contribution in [-0.4, -0.2) is 18.4 Å². The zero-order valence-electron chi connectivity index (χ0n) is 25.3. The van der Waals surface area contributed by atoms with E-state index in [1.54, 1.807) is 0 Å². The number of ketones is 1. The van der Waals surface area contributed by atoms with Gasteiger partial charge in [-0.3, -0.25) is 4.79 Å². The monoisotopic (exact) mass is 527 g/mol. The molecule has 0 atom stereocenters. The molecule has 4 nitrogen and oxygen atoms in total. The van der Waals surface area contributed by atoms with Crippen LogP contribution in [0.3, 0.4) is 0 Å². The van der Waals surface area contributed by atoms with Crippen molar-refractivity contribution in [2.75, 3.05) is 6.54 Å². The first-order chi connectivity index (χ1) is 18.2. The Morgan fingerprint density at radius 3 is 1.50 bits per heavy atom. The van der Waals surface area contributed by atoms with Gasteiger partial charge in [-0.1, -0.05) is 59.3 Å². The van der Waals surface area contributed by atoms with E-state index < -0.39 is 0 Å². The second-order valence-corrected chi connectivity index (χ2v) is 14.8. The van der Waals surface area contributed by atoms with E-state index in [2.05, 4.69) is 26.8 Å². The van der Waals surface area contributed by atoms with E-state index in [9.17, 15) is 10.1 Å². The average molecular weight is 528 g/mol. The van der Waals surface area contributed by atoms with Crippen molar-refractivity contribution in [1.29, 1.82) is 5.26 Å². The number of carbonyl (C=O) groups excluding carboxylic acids is 1. The Morgan fingerprint density at radius 2 is 1.13 bits per heavy atom. The summed E-state index contributed by atoms with van der Waals surface area (Å²) in [6, 6.07) is 3.19. The summed E-state index contributed by atoms with van der Waals surface area (Å²) in [6.45, 7) is 7.86. The molecule has 0 heterocycles. The van der Waals surface area contributed by atoms with Gasteiger partial charge in [0.1, 0.15) is 5.78 Å². The number of rotatable bonds is 5. The predicted molar refractivity (Wildman–Crippen MR) is 159 cm³/mol. The van der Waals surface area contributed by atoms with Gasteiger partial charge in [0.25, 0.3) is 0 Å². The lowest BCUT2D eigenvalue weighted by Crippen LogP contribution is -2.34. The van der Waals surface area contributed by atoms with Crippen LogP contribution >= 0.6 is 0 Å². The predicted octanol–water partition coefficient (Wildman–Crippen LogP) is 8.32. The molecule has 4 N–H and O–H groups in total. The summed E-state index contributed by atoms with van der Waals surface area (Å²) >= 11 is 0. The van der Waals surface area contributed by atoms with Crippen molar-refractivity contribution in [1.82, 2.24) is 0 Å². The minimum absolute atomic E-state index is 0.0909. The van der Waals surface area contributed by atoms with Gasteiger partial charge in [-0.15, -0.1) is 0 Å². The Kier molecular flexibility index (Phi) is 12.6. The van der Waals surface area contributed by atoms with Crippen LogP contribution < -0.4 is 11.5 Å². The molecule has 0 amide bonds. The van der Waals surface area contributed by atoms with E-state index in [-0.39, 0.29) is 5.41 Å². The van der Waals surface area contributed by atoms with Gasteiger partial charge in [-0.2, -0.15) is 5.26 Å². The number of Topliss-reactive ketones (excluding diaryl/α,β-unsaturated/α-hetero) is 1. The molecule has 0 radical (unpaired) electrons. The molecule has 6 fully saturated rings. The fraction of sp³-hybridized carbons (Fsp3) is 0.941. The Morgan fingerprint density at radius 1 is 0.711 bits per heavy atom. The highest BCUT2D eigenvalue weighted by molar-refractivity contribution is 5.78. The average Bonchev–Trinajstić information content (AvgIpc) is 3.77. The third kappa shape index (κ3) is 12.1. The van der Waals surface area contributed by atoms with Crippen molar-refractivity contribution < 1.29 is 4.79 Å². The van der Waals surface area contributed by atoms with Gasteiger partial charge in [0.05, 0.1) is 11.5 Å². The summed E-state index contributed by atoms with van der Waals surface area (Å²) in [5, 5.41) is 9.25. The Balaban J connectivity index is 0.000000150. The van der Waals surface area contributed by atoms with E-state index in [1.807, 2.05) is 0 Å². The summed E-state index contributed by atoms with van der Waals surface area (Å²) in [5.74, 6) is 5.04. The van der Waals surface area contributed by atoms with E-state index >= 15 is 0 Å². The molecular weight excluding hydrogens is 466 g/mol. The molecule has 6 aliphatic carbocycles. The summed E-state index contributed by atoms with van der Waals surface area (Å²) < 4.78 is 0. The molecule has 0 aromatic heterocycles. The number of hydrogen-bond donors (Lipinski definition) is 2. The lowest BCUT2D eigenvalue weighted by molar-refractivity contribution is -0.120. The van der Waals surface area contributed by atoms with Gasteiger partial charge in [0, 0.05) is 18.9 Å². The fourth-order valence-electron chi connectivity index (χ4n) is 6.53. The maximum Gasteiger partial charge on any atom is 0.132 e. The molecule has 0 bridgehead atoms. The van der Waals surface area contributed by atoms with Crippen LogP contribution in [0.4, 0.5) is 0 Å². The van der Waals surface area contributed by atoms with Gasteiger partial charge in [0.2, 0.25) is 0 Å².